The van der Waals surface area contributed by atoms with Crippen LogP contribution in [0, 0.1) is 5.92 Å². The highest BCUT2D eigenvalue weighted by molar-refractivity contribution is 6.17. The molecule has 0 aliphatic carbocycles. The van der Waals surface area contributed by atoms with Crippen LogP contribution in [-0.4, -0.2) is 24.9 Å². The van der Waals surface area contributed by atoms with Crippen molar-refractivity contribution in [1.82, 2.24) is 0 Å². The predicted molar refractivity (Wildman–Crippen MR) is 48.5 cm³/mol. The van der Waals surface area contributed by atoms with Crippen LogP contribution in [0.2, 0.25) is 0 Å². The van der Waals surface area contributed by atoms with Gasteiger partial charge >= 0.3 is 0 Å². The Hall–Kier alpha value is -0.0800. The summed E-state index contributed by atoms with van der Waals surface area (Å²) >= 11 is 5.50. The van der Waals surface area contributed by atoms with E-state index in [0.717, 1.165) is 25.9 Å². The summed E-state index contributed by atoms with van der Waals surface area (Å²) in [6.45, 7) is 1.44. The van der Waals surface area contributed by atoms with Gasteiger partial charge in [0, 0.05) is 24.8 Å². The zero-order valence-electron chi connectivity index (χ0n) is 7.22. The lowest BCUT2D eigenvalue weighted by Crippen LogP contribution is -2.25. The van der Waals surface area contributed by atoms with E-state index in [2.05, 4.69) is 0 Å². The van der Waals surface area contributed by atoms with Gasteiger partial charge in [0.25, 0.3) is 0 Å². The maximum absolute atomic E-state index is 11.4. The number of hydrogen-bond acceptors (Lipinski definition) is 2. The molecule has 1 aliphatic rings. The molecule has 0 bridgehead atoms. The minimum Gasteiger partial charge on any atom is -0.381 e. The second-order valence-electron chi connectivity index (χ2n) is 3.17. The lowest BCUT2D eigenvalue weighted by molar-refractivity contribution is -0.126. The first kappa shape index (κ1) is 10.0. The fraction of sp³-hybridized carbons (Fsp3) is 0.889. The average molecular weight is 191 g/mol. The van der Waals surface area contributed by atoms with Crippen LogP contribution in [0.4, 0.5) is 0 Å². The summed E-state index contributed by atoms with van der Waals surface area (Å²) in [6, 6.07) is 0. The topological polar surface area (TPSA) is 26.3 Å². The summed E-state index contributed by atoms with van der Waals surface area (Å²) < 4.78 is 5.23. The van der Waals surface area contributed by atoms with Gasteiger partial charge in [-0.25, -0.2) is 0 Å². The van der Waals surface area contributed by atoms with E-state index < -0.39 is 0 Å². The molecule has 0 spiro atoms. The van der Waals surface area contributed by atoms with Gasteiger partial charge in [-0.15, -0.1) is 11.6 Å². The van der Waals surface area contributed by atoms with Crippen LogP contribution in [-0.2, 0) is 9.53 Å². The predicted octanol–water partition coefficient (Wildman–Crippen LogP) is 2.00. The van der Waals surface area contributed by atoms with Gasteiger partial charge in [0.05, 0.1) is 6.61 Å². The number of hydrogen-bond donors (Lipinski definition) is 0. The van der Waals surface area contributed by atoms with Gasteiger partial charge in [-0.2, -0.15) is 0 Å². The van der Waals surface area contributed by atoms with Gasteiger partial charge in [0.15, 0.2) is 0 Å². The fourth-order valence-electron chi connectivity index (χ4n) is 1.44. The van der Waals surface area contributed by atoms with E-state index >= 15 is 0 Å². The number of ether oxygens (including phenoxy) is 1. The number of halogens is 1. The Bertz CT molecular complexity index is 141. The molecular weight excluding hydrogens is 176 g/mol. The maximum Gasteiger partial charge on any atom is 0.138 e. The van der Waals surface area contributed by atoms with E-state index in [1.54, 1.807) is 0 Å². The molecule has 3 heteroatoms. The summed E-state index contributed by atoms with van der Waals surface area (Å²) in [7, 11) is 0. The van der Waals surface area contributed by atoms with Gasteiger partial charge in [-0.05, 0) is 19.3 Å². The minimum atomic E-state index is 0.155. The summed E-state index contributed by atoms with van der Waals surface area (Å²) in [5, 5.41) is 0. The van der Waals surface area contributed by atoms with Crippen LogP contribution >= 0.6 is 11.6 Å². The number of carbonyl (C=O) groups is 1. The number of alkyl halides is 1. The lowest BCUT2D eigenvalue weighted by atomic mass is 9.95. The molecule has 0 aromatic rings. The third-order valence-electron chi connectivity index (χ3n) is 2.17. The van der Waals surface area contributed by atoms with Crippen molar-refractivity contribution in [2.75, 3.05) is 19.1 Å². The minimum absolute atomic E-state index is 0.155. The quantitative estimate of drug-likeness (QED) is 0.634. The van der Waals surface area contributed by atoms with Crippen molar-refractivity contribution in [3.8, 4) is 0 Å². The molecule has 1 aliphatic heterocycles. The standard InChI is InChI=1S/C9H15ClO2/c10-5-1-4-9(11)8-3-2-6-12-7-8/h8H,1-7H2. The average Bonchev–Trinajstić information content (AvgIpc) is 2.15. The normalized spacial score (nSPS) is 23.9. The second kappa shape index (κ2) is 5.55. The number of carbonyl (C=O) groups excluding carboxylic acids is 1. The van der Waals surface area contributed by atoms with E-state index in [1.807, 2.05) is 0 Å². The molecular formula is C9H15ClO2. The number of Topliss-reactive ketones (excluding diaryl/α,β-unsaturated/α-hetero) is 1. The van der Waals surface area contributed by atoms with Gasteiger partial charge in [-0.3, -0.25) is 4.79 Å². The summed E-state index contributed by atoms with van der Waals surface area (Å²) in [5.74, 6) is 1.07. The molecule has 1 heterocycles. The number of ketones is 1. The molecule has 0 saturated carbocycles. The molecule has 0 radical (unpaired) electrons. The van der Waals surface area contributed by atoms with Crippen molar-refractivity contribution in [2.24, 2.45) is 5.92 Å². The van der Waals surface area contributed by atoms with Crippen LogP contribution in [0.15, 0.2) is 0 Å². The van der Waals surface area contributed by atoms with E-state index in [9.17, 15) is 4.79 Å². The van der Waals surface area contributed by atoms with Crippen molar-refractivity contribution in [3.63, 3.8) is 0 Å². The van der Waals surface area contributed by atoms with Crippen molar-refractivity contribution >= 4 is 17.4 Å². The molecule has 12 heavy (non-hydrogen) atoms. The first-order chi connectivity index (χ1) is 5.84. The largest absolute Gasteiger partial charge is 0.381 e. The van der Waals surface area contributed by atoms with Crippen LogP contribution < -0.4 is 0 Å². The Morgan fingerprint density at radius 3 is 3.00 bits per heavy atom. The fourth-order valence-corrected chi connectivity index (χ4v) is 1.57. The van der Waals surface area contributed by atoms with Crippen LogP contribution in [0.25, 0.3) is 0 Å². The van der Waals surface area contributed by atoms with E-state index in [0.29, 0.717) is 24.7 Å². The Balaban J connectivity index is 2.20. The van der Waals surface area contributed by atoms with Crippen molar-refractivity contribution in [3.05, 3.63) is 0 Å². The molecule has 0 N–H and O–H groups in total. The van der Waals surface area contributed by atoms with Crippen LogP contribution in [0.1, 0.15) is 25.7 Å². The third kappa shape index (κ3) is 3.11. The van der Waals surface area contributed by atoms with E-state index in [1.165, 1.54) is 0 Å². The highest BCUT2D eigenvalue weighted by Crippen LogP contribution is 2.16. The SMILES string of the molecule is O=C(CCCCl)C1CCCOC1. The maximum atomic E-state index is 11.4. The highest BCUT2D eigenvalue weighted by Gasteiger charge is 2.20. The third-order valence-corrected chi connectivity index (χ3v) is 2.44. The lowest BCUT2D eigenvalue weighted by Gasteiger charge is -2.20. The zero-order valence-corrected chi connectivity index (χ0v) is 7.98. The molecule has 1 rings (SSSR count). The molecule has 0 aromatic heterocycles. The van der Waals surface area contributed by atoms with E-state index in [4.69, 9.17) is 16.3 Å². The smallest absolute Gasteiger partial charge is 0.138 e. The molecule has 1 atom stereocenters. The van der Waals surface area contributed by atoms with Crippen molar-refractivity contribution in [2.45, 2.75) is 25.7 Å². The van der Waals surface area contributed by atoms with Crippen LogP contribution in [0.3, 0.4) is 0 Å². The zero-order chi connectivity index (χ0) is 8.81. The van der Waals surface area contributed by atoms with Crippen molar-refractivity contribution < 1.29 is 9.53 Å². The molecule has 0 amide bonds. The monoisotopic (exact) mass is 190 g/mol. The molecule has 70 valence electrons. The Kier molecular flexibility index (Phi) is 4.62. The molecule has 1 unspecified atom stereocenters. The summed E-state index contributed by atoms with van der Waals surface area (Å²) in [4.78, 5) is 11.4. The van der Waals surface area contributed by atoms with Crippen molar-refractivity contribution in [1.29, 1.82) is 0 Å². The first-order valence-electron chi connectivity index (χ1n) is 4.51. The highest BCUT2D eigenvalue weighted by atomic mass is 35.5. The Morgan fingerprint density at radius 2 is 2.42 bits per heavy atom. The number of rotatable bonds is 4. The van der Waals surface area contributed by atoms with E-state index in [-0.39, 0.29) is 5.92 Å². The van der Waals surface area contributed by atoms with Gasteiger partial charge in [0.2, 0.25) is 0 Å². The summed E-state index contributed by atoms with van der Waals surface area (Å²) in [6.07, 6.45) is 3.45. The summed E-state index contributed by atoms with van der Waals surface area (Å²) in [5.41, 5.74) is 0. The Labute approximate surface area is 78.2 Å². The molecule has 1 saturated heterocycles. The van der Waals surface area contributed by atoms with Gasteiger partial charge in [-0.1, -0.05) is 0 Å². The molecule has 2 nitrogen and oxygen atoms in total. The van der Waals surface area contributed by atoms with Gasteiger partial charge in [0.1, 0.15) is 5.78 Å². The molecule has 1 fully saturated rings. The second-order valence-corrected chi connectivity index (χ2v) is 3.55. The first-order valence-corrected chi connectivity index (χ1v) is 5.04. The van der Waals surface area contributed by atoms with Crippen LogP contribution in [0.5, 0.6) is 0 Å². The van der Waals surface area contributed by atoms with Gasteiger partial charge < -0.3 is 4.74 Å². The Morgan fingerprint density at radius 1 is 1.58 bits per heavy atom. The molecule has 0 aromatic carbocycles.